The van der Waals surface area contributed by atoms with Crippen molar-refractivity contribution >= 4 is 11.6 Å². The number of carbonyl (C=O) groups is 1. The molecule has 1 aliphatic carbocycles. The SMILES string of the molecule is COC(=O)c1cccn2cc(CNC3(C)CC3)nc12. The van der Waals surface area contributed by atoms with Gasteiger partial charge in [0, 0.05) is 24.5 Å². The molecule has 0 bridgehead atoms. The van der Waals surface area contributed by atoms with Crippen LogP contribution in [0.5, 0.6) is 0 Å². The van der Waals surface area contributed by atoms with Gasteiger partial charge in [-0.05, 0) is 31.9 Å². The third kappa shape index (κ3) is 2.33. The minimum atomic E-state index is -0.357. The number of nitrogens with one attached hydrogen (secondary N) is 1. The van der Waals surface area contributed by atoms with Crippen molar-refractivity contribution in [3.05, 3.63) is 35.8 Å². The summed E-state index contributed by atoms with van der Waals surface area (Å²) in [5.74, 6) is -0.357. The van der Waals surface area contributed by atoms with Crippen LogP contribution in [0.2, 0.25) is 0 Å². The Bertz CT molecular complexity index is 629. The van der Waals surface area contributed by atoms with Crippen LogP contribution in [0, 0.1) is 0 Å². The third-order valence-electron chi connectivity index (χ3n) is 3.63. The number of nitrogens with zero attached hydrogens (tertiary/aromatic N) is 2. The molecule has 0 saturated heterocycles. The van der Waals surface area contributed by atoms with E-state index in [-0.39, 0.29) is 11.5 Å². The first kappa shape index (κ1) is 12.2. The molecule has 1 fully saturated rings. The van der Waals surface area contributed by atoms with E-state index in [4.69, 9.17) is 4.74 Å². The van der Waals surface area contributed by atoms with Gasteiger partial charge in [0.25, 0.3) is 0 Å². The van der Waals surface area contributed by atoms with Gasteiger partial charge in [0.1, 0.15) is 5.56 Å². The lowest BCUT2D eigenvalue weighted by Gasteiger charge is -2.08. The Morgan fingerprint density at radius 3 is 3.05 bits per heavy atom. The van der Waals surface area contributed by atoms with E-state index < -0.39 is 0 Å². The Kier molecular flexibility index (Phi) is 2.78. The minimum absolute atomic E-state index is 0.279. The highest BCUT2D eigenvalue weighted by Crippen LogP contribution is 2.34. The predicted octanol–water partition coefficient (Wildman–Crippen LogP) is 1.76. The number of hydrogen-bond donors (Lipinski definition) is 1. The second-order valence-electron chi connectivity index (χ2n) is 5.29. The Labute approximate surface area is 111 Å². The standard InChI is InChI=1S/C14H17N3O2/c1-14(5-6-14)15-8-10-9-17-7-3-4-11(12(17)16-10)13(18)19-2/h3-4,7,9,15H,5-6,8H2,1-2H3. The van der Waals surface area contributed by atoms with Crippen LogP contribution >= 0.6 is 0 Å². The zero-order valence-electron chi connectivity index (χ0n) is 11.1. The average Bonchev–Trinajstić information content (AvgIpc) is 3.01. The van der Waals surface area contributed by atoms with Crippen LogP contribution in [-0.2, 0) is 11.3 Å². The highest BCUT2D eigenvalue weighted by Gasteiger charge is 2.36. The van der Waals surface area contributed by atoms with E-state index in [0.717, 1.165) is 12.2 Å². The maximum Gasteiger partial charge on any atom is 0.341 e. The van der Waals surface area contributed by atoms with Gasteiger partial charge >= 0.3 is 5.97 Å². The molecular weight excluding hydrogens is 242 g/mol. The first-order valence-corrected chi connectivity index (χ1v) is 6.41. The van der Waals surface area contributed by atoms with Crippen molar-refractivity contribution in [2.75, 3.05) is 7.11 Å². The molecule has 1 saturated carbocycles. The maximum absolute atomic E-state index is 11.7. The van der Waals surface area contributed by atoms with Crippen molar-refractivity contribution in [2.24, 2.45) is 0 Å². The molecule has 0 atom stereocenters. The molecule has 0 aromatic carbocycles. The Morgan fingerprint density at radius 1 is 1.58 bits per heavy atom. The van der Waals surface area contributed by atoms with Crippen molar-refractivity contribution in [3.8, 4) is 0 Å². The summed E-state index contributed by atoms with van der Waals surface area (Å²) in [7, 11) is 1.38. The molecule has 1 N–H and O–H groups in total. The lowest BCUT2D eigenvalue weighted by Crippen LogP contribution is -2.27. The summed E-state index contributed by atoms with van der Waals surface area (Å²) in [5.41, 5.74) is 2.35. The molecule has 0 amide bonds. The predicted molar refractivity (Wildman–Crippen MR) is 71.0 cm³/mol. The monoisotopic (exact) mass is 259 g/mol. The molecule has 5 nitrogen and oxygen atoms in total. The number of carbonyl (C=O) groups excluding carboxylic acids is 1. The largest absolute Gasteiger partial charge is 0.465 e. The van der Waals surface area contributed by atoms with Gasteiger partial charge in [-0.15, -0.1) is 0 Å². The van der Waals surface area contributed by atoms with Gasteiger partial charge in [0.2, 0.25) is 0 Å². The Morgan fingerprint density at radius 2 is 2.37 bits per heavy atom. The summed E-state index contributed by atoms with van der Waals surface area (Å²) in [4.78, 5) is 16.2. The van der Waals surface area contributed by atoms with Gasteiger partial charge in [0.15, 0.2) is 5.65 Å². The fourth-order valence-electron chi connectivity index (χ4n) is 2.09. The smallest absolute Gasteiger partial charge is 0.341 e. The fraction of sp³-hybridized carbons (Fsp3) is 0.429. The number of ether oxygens (including phenoxy) is 1. The number of hydrogen-bond acceptors (Lipinski definition) is 4. The molecule has 100 valence electrons. The van der Waals surface area contributed by atoms with E-state index in [1.165, 1.54) is 20.0 Å². The molecule has 3 rings (SSSR count). The quantitative estimate of drug-likeness (QED) is 0.850. The van der Waals surface area contributed by atoms with Crippen LogP contribution in [0.25, 0.3) is 5.65 Å². The van der Waals surface area contributed by atoms with Gasteiger partial charge in [-0.1, -0.05) is 0 Å². The first-order chi connectivity index (χ1) is 9.11. The summed E-state index contributed by atoms with van der Waals surface area (Å²) in [6, 6.07) is 3.55. The molecule has 0 spiro atoms. The van der Waals surface area contributed by atoms with E-state index in [0.29, 0.717) is 11.2 Å². The van der Waals surface area contributed by atoms with E-state index in [9.17, 15) is 4.79 Å². The molecule has 1 aliphatic rings. The lowest BCUT2D eigenvalue weighted by molar-refractivity contribution is 0.0602. The van der Waals surface area contributed by atoms with Gasteiger partial charge in [-0.3, -0.25) is 0 Å². The minimum Gasteiger partial charge on any atom is -0.465 e. The van der Waals surface area contributed by atoms with Crippen LogP contribution in [0.4, 0.5) is 0 Å². The molecule has 2 aromatic rings. The van der Waals surface area contributed by atoms with Gasteiger partial charge in [-0.2, -0.15) is 0 Å². The Balaban J connectivity index is 1.89. The molecule has 0 aliphatic heterocycles. The number of imidazole rings is 1. The fourth-order valence-corrected chi connectivity index (χ4v) is 2.09. The maximum atomic E-state index is 11.7. The van der Waals surface area contributed by atoms with Crippen molar-refractivity contribution in [1.82, 2.24) is 14.7 Å². The van der Waals surface area contributed by atoms with Crippen molar-refractivity contribution in [3.63, 3.8) is 0 Å². The second-order valence-corrected chi connectivity index (χ2v) is 5.29. The molecule has 0 radical (unpaired) electrons. The van der Waals surface area contributed by atoms with Crippen LogP contribution < -0.4 is 5.32 Å². The van der Waals surface area contributed by atoms with Crippen molar-refractivity contribution < 1.29 is 9.53 Å². The van der Waals surface area contributed by atoms with E-state index in [2.05, 4.69) is 17.2 Å². The zero-order valence-corrected chi connectivity index (χ0v) is 11.1. The molecule has 5 heteroatoms. The van der Waals surface area contributed by atoms with Gasteiger partial charge in [0.05, 0.1) is 12.8 Å². The number of aromatic nitrogens is 2. The molecular formula is C14H17N3O2. The summed E-state index contributed by atoms with van der Waals surface area (Å²) in [6.07, 6.45) is 6.26. The second kappa shape index (κ2) is 4.35. The number of methoxy groups -OCH3 is 1. The van der Waals surface area contributed by atoms with E-state index in [1.54, 1.807) is 6.07 Å². The summed E-state index contributed by atoms with van der Waals surface area (Å²) >= 11 is 0. The summed E-state index contributed by atoms with van der Waals surface area (Å²) < 4.78 is 6.63. The van der Waals surface area contributed by atoms with Crippen LogP contribution in [0.15, 0.2) is 24.5 Å². The first-order valence-electron chi connectivity index (χ1n) is 6.41. The number of rotatable bonds is 4. The zero-order chi connectivity index (χ0) is 13.5. The van der Waals surface area contributed by atoms with Crippen molar-refractivity contribution in [1.29, 1.82) is 0 Å². The average molecular weight is 259 g/mol. The topological polar surface area (TPSA) is 55.6 Å². The van der Waals surface area contributed by atoms with E-state index in [1.807, 2.05) is 22.9 Å². The number of fused-ring (bicyclic) bond motifs is 1. The Hall–Kier alpha value is -1.88. The van der Waals surface area contributed by atoms with Crippen LogP contribution in [-0.4, -0.2) is 28.0 Å². The number of pyridine rings is 1. The molecule has 2 heterocycles. The van der Waals surface area contributed by atoms with Gasteiger partial charge < -0.3 is 14.5 Å². The summed E-state index contributed by atoms with van der Waals surface area (Å²) in [5, 5.41) is 3.48. The lowest BCUT2D eigenvalue weighted by atomic mass is 10.3. The molecule has 0 unspecified atom stereocenters. The normalized spacial score (nSPS) is 16.5. The highest BCUT2D eigenvalue weighted by molar-refractivity contribution is 5.95. The van der Waals surface area contributed by atoms with E-state index >= 15 is 0 Å². The van der Waals surface area contributed by atoms with Crippen LogP contribution in [0.1, 0.15) is 35.8 Å². The van der Waals surface area contributed by atoms with Gasteiger partial charge in [-0.25, -0.2) is 9.78 Å². The highest BCUT2D eigenvalue weighted by atomic mass is 16.5. The van der Waals surface area contributed by atoms with Crippen molar-refractivity contribution in [2.45, 2.75) is 31.8 Å². The third-order valence-corrected chi connectivity index (χ3v) is 3.63. The summed E-state index contributed by atoms with van der Waals surface area (Å²) in [6.45, 7) is 2.93. The molecule has 2 aromatic heterocycles. The molecule has 19 heavy (non-hydrogen) atoms. The van der Waals surface area contributed by atoms with Crippen LogP contribution in [0.3, 0.4) is 0 Å². The number of esters is 1.